The molecule has 0 aliphatic rings. The Morgan fingerprint density at radius 1 is 0.962 bits per heavy atom. The Bertz CT molecular complexity index is 586. The van der Waals surface area contributed by atoms with E-state index in [1.165, 1.54) is 11.9 Å². The summed E-state index contributed by atoms with van der Waals surface area (Å²) in [4.78, 5) is 26.2. The monoisotopic (exact) mass is 365 g/mol. The molecule has 26 heavy (non-hydrogen) atoms. The van der Waals surface area contributed by atoms with Crippen LogP contribution in [0.2, 0.25) is 0 Å². The van der Waals surface area contributed by atoms with E-state index >= 15 is 0 Å². The van der Waals surface area contributed by atoms with Gasteiger partial charge in [-0.2, -0.15) is 0 Å². The molecule has 0 aliphatic heterocycles. The fraction of sp³-hybridized carbons (Fsp3) is 0.600. The number of carbonyl (C=O) groups excluding carboxylic acids is 2. The Morgan fingerprint density at radius 3 is 2.00 bits per heavy atom. The molecule has 0 aliphatic carbocycles. The van der Waals surface area contributed by atoms with E-state index in [-0.39, 0.29) is 6.61 Å². The van der Waals surface area contributed by atoms with Gasteiger partial charge in [0.1, 0.15) is 23.0 Å². The van der Waals surface area contributed by atoms with Crippen molar-refractivity contribution in [2.75, 3.05) is 13.7 Å². The highest BCUT2D eigenvalue weighted by Gasteiger charge is 2.33. The first kappa shape index (κ1) is 21.8. The number of amides is 1. The minimum Gasteiger partial charge on any atom is -0.494 e. The molecule has 0 N–H and O–H groups in total. The maximum Gasteiger partial charge on any atom is 0.410 e. The molecule has 1 atom stereocenters. The average molecular weight is 365 g/mol. The van der Waals surface area contributed by atoms with Crippen molar-refractivity contribution in [2.24, 2.45) is 0 Å². The van der Waals surface area contributed by atoms with Crippen LogP contribution in [-0.2, 0) is 14.3 Å². The number of nitrogens with zero attached hydrogens (tertiary/aromatic N) is 1. The smallest absolute Gasteiger partial charge is 0.410 e. The second-order valence-electron chi connectivity index (χ2n) is 8.09. The highest BCUT2D eigenvalue weighted by atomic mass is 16.6. The molecule has 0 unspecified atom stereocenters. The molecule has 0 heterocycles. The van der Waals surface area contributed by atoms with Gasteiger partial charge >= 0.3 is 12.1 Å². The summed E-state index contributed by atoms with van der Waals surface area (Å²) >= 11 is 0. The van der Waals surface area contributed by atoms with Gasteiger partial charge in [-0.3, -0.25) is 4.90 Å². The minimum atomic E-state index is -0.798. The highest BCUT2D eigenvalue weighted by molar-refractivity contribution is 5.81. The van der Waals surface area contributed by atoms with E-state index < -0.39 is 29.3 Å². The molecule has 0 aromatic heterocycles. The van der Waals surface area contributed by atoms with Gasteiger partial charge in [0.05, 0.1) is 6.61 Å². The molecule has 0 saturated carbocycles. The highest BCUT2D eigenvalue weighted by Crippen LogP contribution is 2.17. The Labute approximate surface area is 156 Å². The molecule has 0 spiro atoms. The van der Waals surface area contributed by atoms with Crippen LogP contribution in [-0.4, -0.2) is 47.9 Å². The fourth-order valence-corrected chi connectivity index (χ4v) is 2.11. The topological polar surface area (TPSA) is 65.1 Å². The molecule has 0 radical (unpaired) electrons. The Morgan fingerprint density at radius 2 is 1.50 bits per heavy atom. The van der Waals surface area contributed by atoms with E-state index in [1.807, 2.05) is 30.3 Å². The first-order chi connectivity index (χ1) is 11.9. The zero-order valence-corrected chi connectivity index (χ0v) is 16.9. The van der Waals surface area contributed by atoms with Gasteiger partial charge in [0.25, 0.3) is 0 Å². The number of esters is 1. The maximum atomic E-state index is 12.6. The van der Waals surface area contributed by atoms with E-state index in [2.05, 4.69) is 0 Å². The summed E-state index contributed by atoms with van der Waals surface area (Å²) in [6.45, 7) is 11.0. The second kappa shape index (κ2) is 8.92. The lowest BCUT2D eigenvalue weighted by molar-refractivity contribution is -0.161. The predicted octanol–water partition coefficient (Wildman–Crippen LogP) is 4.03. The van der Waals surface area contributed by atoms with Gasteiger partial charge in [-0.15, -0.1) is 0 Å². The van der Waals surface area contributed by atoms with Crippen molar-refractivity contribution in [3.05, 3.63) is 30.3 Å². The zero-order chi connectivity index (χ0) is 20.0. The third-order valence-electron chi connectivity index (χ3n) is 3.23. The van der Waals surface area contributed by atoms with Gasteiger partial charge in [-0.25, -0.2) is 9.59 Å². The van der Waals surface area contributed by atoms with E-state index in [0.29, 0.717) is 12.2 Å². The second-order valence-corrected chi connectivity index (χ2v) is 8.09. The lowest BCUT2D eigenvalue weighted by atomic mass is 10.1. The molecule has 1 aromatic rings. The number of ether oxygens (including phenoxy) is 3. The molecular weight excluding hydrogens is 334 g/mol. The molecule has 6 heteroatoms. The fourth-order valence-electron chi connectivity index (χ4n) is 2.11. The first-order valence-electron chi connectivity index (χ1n) is 8.75. The molecule has 1 aromatic carbocycles. The summed E-state index contributed by atoms with van der Waals surface area (Å²) in [5, 5.41) is 0. The van der Waals surface area contributed by atoms with Crippen molar-refractivity contribution in [3.63, 3.8) is 0 Å². The van der Waals surface area contributed by atoms with Gasteiger partial charge in [0, 0.05) is 13.5 Å². The summed E-state index contributed by atoms with van der Waals surface area (Å²) in [6, 6.07) is 8.50. The molecule has 1 amide bonds. The SMILES string of the molecule is CN(C(=O)OC(C)(C)C)[C@H](CCOc1ccccc1)C(=O)OC(C)(C)C. The molecule has 146 valence electrons. The minimum absolute atomic E-state index is 0.265. The van der Waals surface area contributed by atoms with Gasteiger partial charge in [-0.1, -0.05) is 18.2 Å². The first-order valence-corrected chi connectivity index (χ1v) is 8.75. The predicted molar refractivity (Wildman–Crippen MR) is 100 cm³/mol. The summed E-state index contributed by atoms with van der Waals surface area (Å²) < 4.78 is 16.5. The summed E-state index contributed by atoms with van der Waals surface area (Å²) in [5.74, 6) is 0.220. The maximum absolute atomic E-state index is 12.6. The number of benzene rings is 1. The lowest BCUT2D eigenvalue weighted by Gasteiger charge is -2.31. The van der Waals surface area contributed by atoms with Crippen LogP contribution in [0.25, 0.3) is 0 Å². The lowest BCUT2D eigenvalue weighted by Crippen LogP contribution is -2.47. The third-order valence-corrected chi connectivity index (χ3v) is 3.23. The Balaban J connectivity index is 2.80. The van der Waals surface area contributed by atoms with Crippen LogP contribution < -0.4 is 4.74 Å². The van der Waals surface area contributed by atoms with Crippen molar-refractivity contribution in [1.82, 2.24) is 4.90 Å². The van der Waals surface area contributed by atoms with Crippen molar-refractivity contribution in [2.45, 2.75) is 65.2 Å². The molecule has 0 fully saturated rings. The zero-order valence-electron chi connectivity index (χ0n) is 16.9. The number of hydrogen-bond donors (Lipinski definition) is 0. The quantitative estimate of drug-likeness (QED) is 0.712. The van der Waals surface area contributed by atoms with Gasteiger partial charge < -0.3 is 14.2 Å². The van der Waals surface area contributed by atoms with E-state index in [1.54, 1.807) is 41.5 Å². The molecule has 1 rings (SSSR count). The summed E-state index contributed by atoms with van der Waals surface area (Å²) in [7, 11) is 1.53. The normalized spacial score (nSPS) is 12.9. The van der Waals surface area contributed by atoms with Gasteiger partial charge in [0.2, 0.25) is 0 Å². The van der Waals surface area contributed by atoms with Gasteiger partial charge in [0.15, 0.2) is 0 Å². The van der Waals surface area contributed by atoms with Crippen LogP contribution in [0.5, 0.6) is 5.75 Å². The van der Waals surface area contributed by atoms with E-state index in [0.717, 1.165) is 0 Å². The number of rotatable bonds is 6. The molecule has 6 nitrogen and oxygen atoms in total. The molecular formula is C20H31NO5. The van der Waals surface area contributed by atoms with Gasteiger partial charge in [-0.05, 0) is 53.7 Å². The van der Waals surface area contributed by atoms with Crippen LogP contribution in [0.4, 0.5) is 4.79 Å². The number of para-hydroxylation sites is 1. The van der Waals surface area contributed by atoms with Crippen LogP contribution in [0.3, 0.4) is 0 Å². The number of carbonyl (C=O) groups is 2. The van der Waals surface area contributed by atoms with Crippen molar-refractivity contribution in [3.8, 4) is 5.75 Å². The number of likely N-dealkylation sites (N-methyl/N-ethyl adjacent to an activating group) is 1. The average Bonchev–Trinajstić information content (AvgIpc) is 2.48. The van der Waals surface area contributed by atoms with Crippen molar-refractivity contribution >= 4 is 12.1 Å². The number of hydrogen-bond acceptors (Lipinski definition) is 5. The molecule has 0 saturated heterocycles. The van der Waals surface area contributed by atoms with Crippen molar-refractivity contribution in [1.29, 1.82) is 0 Å². The van der Waals surface area contributed by atoms with Crippen LogP contribution in [0.1, 0.15) is 48.0 Å². The Kier molecular flexibility index (Phi) is 7.48. The largest absolute Gasteiger partial charge is 0.494 e. The van der Waals surface area contributed by atoms with E-state index in [9.17, 15) is 9.59 Å². The van der Waals surface area contributed by atoms with Crippen LogP contribution in [0.15, 0.2) is 30.3 Å². The summed E-state index contributed by atoms with van der Waals surface area (Å²) in [5.41, 5.74) is -1.30. The van der Waals surface area contributed by atoms with Crippen LogP contribution in [0, 0.1) is 0 Å². The Hall–Kier alpha value is -2.24. The molecule has 0 bridgehead atoms. The standard InChI is InChI=1S/C20H31NO5/c1-19(2,3)25-17(22)16(21(7)18(23)26-20(4,5)6)13-14-24-15-11-9-8-10-12-15/h8-12,16H,13-14H2,1-7H3/t16-/m1/s1. The van der Waals surface area contributed by atoms with Crippen molar-refractivity contribution < 1.29 is 23.8 Å². The summed E-state index contributed by atoms with van der Waals surface area (Å²) in [6.07, 6.45) is -0.285. The van der Waals surface area contributed by atoms with E-state index in [4.69, 9.17) is 14.2 Å². The third kappa shape index (κ3) is 8.23. The van der Waals surface area contributed by atoms with Crippen LogP contribution >= 0.6 is 0 Å².